The second-order valence-corrected chi connectivity index (χ2v) is 2.85. The lowest BCUT2D eigenvalue weighted by molar-refractivity contribution is 0.331. The molecule has 0 saturated carbocycles. The molecule has 1 aliphatic rings. The number of nitrogens with zero attached hydrogens (tertiary/aromatic N) is 4. The number of anilines is 1. The Bertz CT molecular complexity index is 321. The van der Waals surface area contributed by atoms with Crippen LogP contribution >= 0.6 is 0 Å². The normalized spacial score (nSPS) is 16.3. The standard InChI is InChI=1S/C8H11N5/c1-7-6-13(11-12(7)2)8-9-4-3-5-10-8/h3-6,11H,1-2H3. The lowest BCUT2D eigenvalue weighted by Crippen LogP contribution is -2.38. The highest BCUT2D eigenvalue weighted by Gasteiger charge is 2.15. The summed E-state index contributed by atoms with van der Waals surface area (Å²) in [4.78, 5) is 8.22. The van der Waals surface area contributed by atoms with E-state index in [-0.39, 0.29) is 0 Å². The van der Waals surface area contributed by atoms with Gasteiger partial charge in [0.05, 0.1) is 0 Å². The van der Waals surface area contributed by atoms with Crippen molar-refractivity contribution in [1.29, 1.82) is 0 Å². The molecule has 0 atom stereocenters. The first kappa shape index (κ1) is 8.00. The summed E-state index contributed by atoms with van der Waals surface area (Å²) >= 11 is 0. The Morgan fingerprint density at radius 3 is 2.54 bits per heavy atom. The Labute approximate surface area is 76.6 Å². The summed E-state index contributed by atoms with van der Waals surface area (Å²) in [5.41, 5.74) is 4.19. The highest BCUT2D eigenvalue weighted by atomic mass is 15.8. The van der Waals surface area contributed by atoms with Crippen LogP contribution in [0.1, 0.15) is 6.92 Å². The lowest BCUT2D eigenvalue weighted by atomic mass is 10.5. The smallest absolute Gasteiger partial charge is 0.245 e. The number of hydrazine groups is 2. The van der Waals surface area contributed by atoms with Crippen LogP contribution < -0.4 is 10.5 Å². The molecule has 0 aromatic carbocycles. The van der Waals surface area contributed by atoms with Crippen molar-refractivity contribution in [2.24, 2.45) is 0 Å². The van der Waals surface area contributed by atoms with E-state index in [2.05, 4.69) is 15.5 Å². The predicted molar refractivity (Wildman–Crippen MR) is 49.2 cm³/mol. The van der Waals surface area contributed by atoms with E-state index in [1.165, 1.54) is 0 Å². The molecule has 0 saturated heterocycles. The number of aromatic nitrogens is 2. The van der Waals surface area contributed by atoms with Gasteiger partial charge >= 0.3 is 0 Å². The molecule has 0 spiro atoms. The van der Waals surface area contributed by atoms with Gasteiger partial charge in [-0.05, 0) is 13.0 Å². The second-order valence-electron chi connectivity index (χ2n) is 2.85. The van der Waals surface area contributed by atoms with E-state index in [0.29, 0.717) is 5.95 Å². The Kier molecular flexibility index (Phi) is 1.86. The predicted octanol–water partition coefficient (Wildman–Crippen LogP) is 0.509. The van der Waals surface area contributed by atoms with Crippen molar-refractivity contribution in [3.63, 3.8) is 0 Å². The first-order valence-corrected chi connectivity index (χ1v) is 4.02. The molecule has 0 aliphatic carbocycles. The molecule has 5 nitrogen and oxygen atoms in total. The van der Waals surface area contributed by atoms with Crippen LogP contribution in [0.2, 0.25) is 0 Å². The van der Waals surface area contributed by atoms with Gasteiger partial charge in [0.15, 0.2) is 0 Å². The second kappa shape index (κ2) is 3.02. The van der Waals surface area contributed by atoms with Crippen LogP contribution in [0.25, 0.3) is 0 Å². The summed E-state index contributed by atoms with van der Waals surface area (Å²) in [6.45, 7) is 2.01. The fraction of sp³-hybridized carbons (Fsp3) is 0.250. The third-order valence-electron chi connectivity index (χ3n) is 1.87. The molecule has 2 heterocycles. The maximum absolute atomic E-state index is 4.11. The van der Waals surface area contributed by atoms with Gasteiger partial charge in [0.2, 0.25) is 5.95 Å². The molecule has 0 unspecified atom stereocenters. The molecule has 1 aliphatic heterocycles. The minimum Gasteiger partial charge on any atom is -0.296 e. The van der Waals surface area contributed by atoms with Crippen LogP contribution in [-0.4, -0.2) is 22.0 Å². The van der Waals surface area contributed by atoms with Gasteiger partial charge < -0.3 is 0 Å². The van der Waals surface area contributed by atoms with E-state index in [0.717, 1.165) is 5.70 Å². The Hall–Kier alpha value is -1.62. The first-order valence-electron chi connectivity index (χ1n) is 4.02. The van der Waals surface area contributed by atoms with Gasteiger partial charge in [-0.3, -0.25) is 5.01 Å². The van der Waals surface area contributed by atoms with Crippen molar-refractivity contribution in [3.05, 3.63) is 30.4 Å². The van der Waals surface area contributed by atoms with Crippen LogP contribution in [0.3, 0.4) is 0 Å². The molecule has 0 fully saturated rings. The van der Waals surface area contributed by atoms with Crippen LogP contribution in [0.15, 0.2) is 30.4 Å². The lowest BCUT2D eigenvalue weighted by Gasteiger charge is -2.17. The SMILES string of the molecule is CC1=CN(c2ncccn2)NN1C. The van der Waals surface area contributed by atoms with Gasteiger partial charge in [-0.25, -0.2) is 15.0 Å². The van der Waals surface area contributed by atoms with Gasteiger partial charge in [-0.2, -0.15) is 0 Å². The van der Waals surface area contributed by atoms with Crippen molar-refractivity contribution in [3.8, 4) is 0 Å². The topological polar surface area (TPSA) is 44.3 Å². The third kappa shape index (κ3) is 1.46. The summed E-state index contributed by atoms with van der Waals surface area (Å²) in [6, 6.07) is 1.79. The molecule has 68 valence electrons. The van der Waals surface area contributed by atoms with Gasteiger partial charge in [-0.15, -0.1) is 5.53 Å². The van der Waals surface area contributed by atoms with Gasteiger partial charge in [0, 0.05) is 31.3 Å². The summed E-state index contributed by atoms with van der Waals surface area (Å²) in [7, 11) is 1.94. The molecular formula is C8H11N5. The van der Waals surface area contributed by atoms with E-state index >= 15 is 0 Å². The van der Waals surface area contributed by atoms with Crippen LogP contribution in [0, 0.1) is 0 Å². The zero-order chi connectivity index (χ0) is 9.26. The zero-order valence-electron chi connectivity index (χ0n) is 7.60. The molecule has 1 N–H and O–H groups in total. The van der Waals surface area contributed by atoms with Gasteiger partial charge in [0.25, 0.3) is 0 Å². The van der Waals surface area contributed by atoms with Gasteiger partial charge in [0.1, 0.15) is 0 Å². The minimum absolute atomic E-state index is 0.645. The molecule has 1 aromatic rings. The molecule has 1 aromatic heterocycles. The fourth-order valence-electron chi connectivity index (χ4n) is 1.06. The van der Waals surface area contributed by atoms with Crippen molar-refractivity contribution < 1.29 is 0 Å². The molecule has 0 radical (unpaired) electrons. The number of rotatable bonds is 1. The summed E-state index contributed by atoms with van der Waals surface area (Å²) in [5, 5.41) is 3.67. The van der Waals surface area contributed by atoms with Gasteiger partial charge in [-0.1, -0.05) is 0 Å². The Morgan fingerprint density at radius 1 is 1.31 bits per heavy atom. The molecule has 5 heteroatoms. The number of hydrogen-bond acceptors (Lipinski definition) is 5. The Morgan fingerprint density at radius 2 is 2.00 bits per heavy atom. The maximum Gasteiger partial charge on any atom is 0.245 e. The summed E-state index contributed by atoms with van der Waals surface area (Å²) in [6.07, 6.45) is 5.37. The zero-order valence-corrected chi connectivity index (χ0v) is 7.60. The average molecular weight is 177 g/mol. The summed E-state index contributed by atoms with van der Waals surface area (Å²) in [5.74, 6) is 0.645. The van der Waals surface area contributed by atoms with E-state index < -0.39 is 0 Å². The minimum atomic E-state index is 0.645. The van der Waals surface area contributed by atoms with Crippen LogP contribution in [0.5, 0.6) is 0 Å². The quantitative estimate of drug-likeness (QED) is 0.677. The van der Waals surface area contributed by atoms with E-state index in [9.17, 15) is 0 Å². The van der Waals surface area contributed by atoms with Crippen molar-refractivity contribution >= 4 is 5.95 Å². The number of allylic oxidation sites excluding steroid dienone is 1. The third-order valence-corrected chi connectivity index (χ3v) is 1.87. The van der Waals surface area contributed by atoms with E-state index in [1.807, 2.05) is 25.2 Å². The van der Waals surface area contributed by atoms with Crippen LogP contribution in [0.4, 0.5) is 5.95 Å². The highest BCUT2D eigenvalue weighted by Crippen LogP contribution is 2.12. The largest absolute Gasteiger partial charge is 0.296 e. The van der Waals surface area contributed by atoms with Crippen molar-refractivity contribution in [2.75, 3.05) is 12.1 Å². The van der Waals surface area contributed by atoms with Crippen LogP contribution in [-0.2, 0) is 0 Å². The number of nitrogens with one attached hydrogen (secondary N) is 1. The van der Waals surface area contributed by atoms with E-state index in [1.54, 1.807) is 23.5 Å². The maximum atomic E-state index is 4.11. The number of hydrogen-bond donors (Lipinski definition) is 1. The summed E-state index contributed by atoms with van der Waals surface area (Å²) < 4.78 is 0. The van der Waals surface area contributed by atoms with E-state index in [4.69, 9.17) is 0 Å². The molecule has 13 heavy (non-hydrogen) atoms. The average Bonchev–Trinajstić information content (AvgIpc) is 2.49. The molecule has 0 amide bonds. The molecule has 2 rings (SSSR count). The first-order chi connectivity index (χ1) is 6.27. The molecular weight excluding hydrogens is 166 g/mol. The molecule has 0 bridgehead atoms. The monoisotopic (exact) mass is 177 g/mol. The van der Waals surface area contributed by atoms with Crippen molar-refractivity contribution in [1.82, 2.24) is 20.5 Å². The van der Waals surface area contributed by atoms with Crippen molar-refractivity contribution in [2.45, 2.75) is 6.92 Å². The fourth-order valence-corrected chi connectivity index (χ4v) is 1.06. The Balaban J connectivity index is 2.22. The highest BCUT2D eigenvalue weighted by molar-refractivity contribution is 5.34.